The van der Waals surface area contributed by atoms with Crippen LogP contribution in [0, 0.1) is 16.0 Å². The molecule has 1 aromatic heterocycles. The molecule has 1 saturated heterocycles. The number of anilines is 2. The van der Waals surface area contributed by atoms with Crippen LogP contribution in [0.2, 0.25) is 0 Å². The summed E-state index contributed by atoms with van der Waals surface area (Å²) < 4.78 is 15.1. The Labute approximate surface area is 432 Å². The van der Waals surface area contributed by atoms with Crippen LogP contribution in [-0.4, -0.2) is 157 Å². The first-order valence-electron chi connectivity index (χ1n) is 24.4. The molecular weight excluding hydrogens is 979 g/mol. The highest BCUT2D eigenvalue weighted by Crippen LogP contribution is 2.29. The van der Waals surface area contributed by atoms with Crippen molar-refractivity contribution in [1.82, 2.24) is 41.8 Å². The van der Waals surface area contributed by atoms with Gasteiger partial charge in [0.1, 0.15) is 36.8 Å². The summed E-state index contributed by atoms with van der Waals surface area (Å²) in [5.41, 5.74) is 2.34. The first-order chi connectivity index (χ1) is 35.9. The van der Waals surface area contributed by atoms with Gasteiger partial charge in [0, 0.05) is 45.5 Å². The van der Waals surface area contributed by atoms with Gasteiger partial charge < -0.3 is 56.3 Å². The van der Waals surface area contributed by atoms with Crippen LogP contribution in [0.4, 0.5) is 28.4 Å². The quantitative estimate of drug-likeness (QED) is 0.0177. The number of azo groups is 1. The van der Waals surface area contributed by atoms with Crippen LogP contribution in [0.1, 0.15) is 70.2 Å². The molecule has 26 heteroatoms. The third-order valence-corrected chi connectivity index (χ3v) is 11.9. The van der Waals surface area contributed by atoms with E-state index >= 15 is 0 Å². The van der Waals surface area contributed by atoms with Gasteiger partial charge in [0.25, 0.3) is 5.91 Å². The van der Waals surface area contributed by atoms with Crippen LogP contribution >= 0.6 is 0 Å². The Bertz CT molecular complexity index is 2660. The first-order valence-corrected chi connectivity index (χ1v) is 24.4. The number of carboxylic acid groups (broad SMARTS) is 1. The number of ether oxygens (including phenoxy) is 2. The Balaban J connectivity index is 1.15. The summed E-state index contributed by atoms with van der Waals surface area (Å²) in [6.45, 7) is 6.64. The number of benzene rings is 3. The summed E-state index contributed by atoms with van der Waals surface area (Å²) in [4.78, 5) is 107. The minimum absolute atomic E-state index is 0.0186. The number of hydrogen-bond acceptors (Lipinski definition) is 18. The lowest BCUT2D eigenvalue weighted by molar-refractivity contribution is -0.383. The second kappa shape index (κ2) is 28.4. The Morgan fingerprint density at radius 1 is 0.827 bits per heavy atom. The number of likely N-dealkylation sites (tertiary alicyclic amines) is 1. The third kappa shape index (κ3) is 17.0. The van der Waals surface area contributed by atoms with Crippen molar-refractivity contribution in [1.29, 1.82) is 0 Å². The number of non-ortho nitro benzene ring substituents is 1. The predicted octanol–water partition coefficient (Wildman–Crippen LogP) is 3.37. The highest BCUT2D eigenvalue weighted by atomic mass is 16.6. The van der Waals surface area contributed by atoms with Crippen LogP contribution in [0.5, 0.6) is 0 Å². The molecule has 0 radical (unpaired) electrons. The number of nitro benzene ring substituents is 1. The summed E-state index contributed by atoms with van der Waals surface area (Å²) in [6, 6.07) is 11.3. The van der Waals surface area contributed by atoms with Crippen molar-refractivity contribution >= 4 is 80.9 Å². The van der Waals surface area contributed by atoms with E-state index in [0.717, 1.165) is 5.69 Å². The Morgan fingerprint density at radius 2 is 1.55 bits per heavy atom. The minimum Gasteiger partial charge on any atom is -0.480 e. The number of nitrogens with one attached hydrogen (secondary N) is 6. The number of aromatic nitrogens is 2. The topological polar surface area (TPSA) is 344 Å². The molecule has 6 amide bonds. The van der Waals surface area contributed by atoms with Gasteiger partial charge in [-0.05, 0) is 105 Å². The lowest BCUT2D eigenvalue weighted by Crippen LogP contribution is -2.59. The maximum atomic E-state index is 14.0. The van der Waals surface area contributed by atoms with Gasteiger partial charge in [0.15, 0.2) is 5.52 Å². The number of nitrogens with zero attached hydrogens (tertiary/aromatic N) is 7. The van der Waals surface area contributed by atoms with Crippen molar-refractivity contribution in [3.05, 3.63) is 76.3 Å². The molecule has 1 aliphatic rings. The molecule has 75 heavy (non-hydrogen) atoms. The molecule has 0 spiro atoms. The Morgan fingerprint density at radius 3 is 2.25 bits per heavy atom. The average Bonchev–Trinajstić information content (AvgIpc) is 4.09. The lowest BCUT2D eigenvalue weighted by atomic mass is 10.0. The van der Waals surface area contributed by atoms with Gasteiger partial charge in [-0.3, -0.25) is 38.9 Å². The van der Waals surface area contributed by atoms with Gasteiger partial charge in [-0.15, -0.1) is 5.11 Å². The molecule has 1 fully saturated rings. The molecule has 26 nitrogen and oxygen atoms in total. The number of nitro groups is 1. The molecule has 404 valence electrons. The normalized spacial score (nSPS) is 14.9. The van der Waals surface area contributed by atoms with E-state index in [1.54, 1.807) is 50.2 Å². The third-order valence-electron chi connectivity index (χ3n) is 11.9. The largest absolute Gasteiger partial charge is 0.480 e. The van der Waals surface area contributed by atoms with Crippen LogP contribution in [0.25, 0.3) is 11.0 Å². The number of rotatable bonds is 29. The number of carbonyl (C=O) groups excluding carboxylic acids is 6. The Hall–Kier alpha value is -8.13. The lowest BCUT2D eigenvalue weighted by Gasteiger charge is -2.30. The molecule has 0 bridgehead atoms. The van der Waals surface area contributed by atoms with E-state index in [4.69, 9.17) is 19.2 Å². The van der Waals surface area contributed by atoms with Gasteiger partial charge in [-0.1, -0.05) is 26.0 Å². The SMILES string of the molecule is CC(NC(=O)c1ccccc1/N=N/c1ccc(N(C)C)cc1)C(=O)NC(C)C(=O)N1CCCC1C(=O)NC(C(=O)NC(CCCCNc1ccc([N+](=O)[O-])c2nonc12)C(=O)NCCOCCOCC(=O)O)C(C)C. The monoisotopic (exact) mass is 1040 g/mol. The highest BCUT2D eigenvalue weighted by molar-refractivity contribution is 6.02. The van der Waals surface area contributed by atoms with E-state index in [1.807, 2.05) is 31.1 Å². The van der Waals surface area contributed by atoms with Crippen molar-refractivity contribution in [2.24, 2.45) is 16.1 Å². The number of aliphatic carboxylic acids is 1. The molecule has 0 saturated carbocycles. The van der Waals surface area contributed by atoms with Crippen LogP contribution in [0.15, 0.2) is 75.5 Å². The summed E-state index contributed by atoms with van der Waals surface area (Å²) in [7, 11) is 3.84. The maximum Gasteiger partial charge on any atom is 0.329 e. The van der Waals surface area contributed by atoms with E-state index < -0.39 is 89.1 Å². The summed E-state index contributed by atoms with van der Waals surface area (Å²) in [5, 5.41) is 52.8. The van der Waals surface area contributed by atoms with E-state index in [0.29, 0.717) is 37.2 Å². The molecule has 3 aromatic carbocycles. The van der Waals surface area contributed by atoms with Crippen molar-refractivity contribution < 1.29 is 57.7 Å². The zero-order valence-electron chi connectivity index (χ0n) is 42.7. The maximum absolute atomic E-state index is 14.0. The number of hydrogen-bond donors (Lipinski definition) is 7. The predicted molar refractivity (Wildman–Crippen MR) is 272 cm³/mol. The van der Waals surface area contributed by atoms with E-state index in [2.05, 4.69) is 52.4 Å². The van der Waals surface area contributed by atoms with Gasteiger partial charge in [0.05, 0.1) is 47.4 Å². The smallest absolute Gasteiger partial charge is 0.329 e. The summed E-state index contributed by atoms with van der Waals surface area (Å²) in [5.74, 6) is -5.17. The van der Waals surface area contributed by atoms with Crippen molar-refractivity contribution in [3.63, 3.8) is 0 Å². The molecule has 5 unspecified atom stereocenters. The number of unbranched alkanes of at least 4 members (excludes halogenated alkanes) is 1. The molecule has 5 atom stereocenters. The molecule has 1 aliphatic heterocycles. The Kier molecular flexibility index (Phi) is 21.8. The van der Waals surface area contributed by atoms with Crippen molar-refractivity contribution in [2.75, 3.05) is 70.4 Å². The van der Waals surface area contributed by atoms with E-state index in [9.17, 15) is 43.7 Å². The molecular formula is C49H65N13O13. The minimum atomic E-state index is -1.13. The fourth-order valence-electron chi connectivity index (χ4n) is 7.88. The van der Waals surface area contributed by atoms with Crippen LogP contribution in [-0.2, 0) is 38.2 Å². The van der Waals surface area contributed by atoms with E-state index in [1.165, 1.54) is 30.9 Å². The van der Waals surface area contributed by atoms with Crippen LogP contribution in [0.3, 0.4) is 0 Å². The second-order valence-electron chi connectivity index (χ2n) is 18.2. The zero-order chi connectivity index (χ0) is 54.6. The number of amides is 6. The molecule has 7 N–H and O–H groups in total. The fraction of sp³-hybridized carbons (Fsp3) is 0.490. The van der Waals surface area contributed by atoms with Gasteiger partial charge in [0.2, 0.25) is 35.1 Å². The van der Waals surface area contributed by atoms with Crippen LogP contribution < -0.4 is 36.8 Å². The number of fused-ring (bicyclic) bond motifs is 1. The molecule has 2 heterocycles. The average molecular weight is 1040 g/mol. The summed E-state index contributed by atoms with van der Waals surface area (Å²) >= 11 is 0. The van der Waals surface area contributed by atoms with Gasteiger partial charge in [-0.2, -0.15) is 5.11 Å². The number of carbonyl (C=O) groups is 7. The molecule has 4 aromatic rings. The summed E-state index contributed by atoms with van der Waals surface area (Å²) in [6.07, 6.45) is 1.78. The first kappa shape index (κ1) is 57.8. The second-order valence-corrected chi connectivity index (χ2v) is 18.2. The van der Waals surface area contributed by atoms with Gasteiger partial charge >= 0.3 is 11.7 Å². The molecule has 0 aliphatic carbocycles. The van der Waals surface area contributed by atoms with Crippen molar-refractivity contribution in [3.8, 4) is 0 Å². The highest BCUT2D eigenvalue weighted by Gasteiger charge is 2.39. The van der Waals surface area contributed by atoms with Crippen molar-refractivity contribution in [2.45, 2.75) is 90.0 Å². The standard InChI is InChI=1S/C49H65N13O13/c1-29(2)41(48(69)54-37(46(67)51-23-25-73-26-27-74-28-40(63)64)14-9-10-22-50-36-20-21-38(62(71)72)43-42(36)58-75-59-43)55-47(68)39-15-11-24-61(39)49(70)31(4)53-44(65)30(3)52-45(66)34-12-7-8-13-35(34)57-56-32-16-18-33(19-17-32)60(5)6/h7-8,12-13,16-21,29-31,37,39,41,50H,9-11,14-15,22-28H2,1-6H3,(H,51,67)(H,52,66)(H,53,65)(H,54,69)(H,55,68)(H,63,64)/b57-56+. The van der Waals surface area contributed by atoms with E-state index in [-0.39, 0.29) is 73.7 Å². The number of carboxylic acids is 1. The van der Waals surface area contributed by atoms with Gasteiger partial charge in [-0.25, -0.2) is 9.42 Å². The fourth-order valence-corrected chi connectivity index (χ4v) is 7.88. The zero-order valence-corrected chi connectivity index (χ0v) is 42.7. The molecule has 5 rings (SSSR count).